The number of aromatic nitrogens is 2. The van der Waals surface area contributed by atoms with Gasteiger partial charge in [-0.3, -0.25) is 4.79 Å². The van der Waals surface area contributed by atoms with Gasteiger partial charge in [0.15, 0.2) is 5.82 Å². The van der Waals surface area contributed by atoms with E-state index in [4.69, 9.17) is 16.3 Å². The summed E-state index contributed by atoms with van der Waals surface area (Å²) in [6, 6.07) is 18.7. The van der Waals surface area contributed by atoms with Crippen LogP contribution >= 0.6 is 11.6 Å². The van der Waals surface area contributed by atoms with Crippen LogP contribution in [0.25, 0.3) is 11.4 Å². The lowest BCUT2D eigenvalue weighted by Gasteiger charge is -2.11. The van der Waals surface area contributed by atoms with Gasteiger partial charge in [0.2, 0.25) is 0 Å². The molecule has 144 valence electrons. The van der Waals surface area contributed by atoms with Gasteiger partial charge < -0.3 is 15.4 Å². The van der Waals surface area contributed by atoms with Crippen molar-refractivity contribution >= 4 is 23.3 Å². The fraction of sp³-hybridized carbons (Fsp3) is 0.190. The third-order valence-corrected chi connectivity index (χ3v) is 4.22. The lowest BCUT2D eigenvalue weighted by atomic mass is 10.2. The Kier molecular flexibility index (Phi) is 6.94. The Morgan fingerprint density at radius 3 is 2.54 bits per heavy atom. The Bertz CT molecular complexity index is 917. The van der Waals surface area contributed by atoms with Crippen LogP contribution in [0.3, 0.4) is 0 Å². The summed E-state index contributed by atoms with van der Waals surface area (Å²) in [4.78, 5) is 21.5. The summed E-state index contributed by atoms with van der Waals surface area (Å²) in [5, 5.41) is 6.73. The van der Waals surface area contributed by atoms with E-state index < -0.39 is 0 Å². The maximum atomic E-state index is 12.5. The lowest BCUT2D eigenvalue weighted by molar-refractivity contribution is 0.0932. The molecule has 1 aromatic heterocycles. The molecule has 2 aromatic carbocycles. The highest BCUT2D eigenvalue weighted by molar-refractivity contribution is 6.30. The van der Waals surface area contributed by atoms with E-state index in [2.05, 4.69) is 20.6 Å². The highest BCUT2D eigenvalue weighted by Crippen LogP contribution is 2.19. The topological polar surface area (TPSA) is 76.1 Å². The van der Waals surface area contributed by atoms with Gasteiger partial charge in [0.25, 0.3) is 5.91 Å². The Hall–Kier alpha value is -2.96. The van der Waals surface area contributed by atoms with Crippen molar-refractivity contribution in [2.45, 2.75) is 6.54 Å². The average Bonchev–Trinajstić information content (AvgIpc) is 2.74. The van der Waals surface area contributed by atoms with Crippen molar-refractivity contribution in [3.8, 4) is 11.4 Å². The van der Waals surface area contributed by atoms with E-state index in [-0.39, 0.29) is 5.91 Å². The van der Waals surface area contributed by atoms with Gasteiger partial charge in [-0.05, 0) is 17.7 Å². The van der Waals surface area contributed by atoms with Gasteiger partial charge >= 0.3 is 0 Å². The molecule has 7 heteroatoms. The van der Waals surface area contributed by atoms with Gasteiger partial charge in [0, 0.05) is 36.9 Å². The number of methoxy groups -OCH3 is 1. The molecule has 0 unspecified atom stereocenters. The van der Waals surface area contributed by atoms with Gasteiger partial charge in [0.05, 0.1) is 6.61 Å². The molecule has 1 heterocycles. The van der Waals surface area contributed by atoms with Crippen LogP contribution < -0.4 is 10.6 Å². The Labute approximate surface area is 168 Å². The number of benzene rings is 2. The SMILES string of the molecule is COCCNC(=O)c1cc(NCc2ccc(Cl)cc2)nc(-c2ccccc2)n1. The highest BCUT2D eigenvalue weighted by atomic mass is 35.5. The minimum absolute atomic E-state index is 0.272. The maximum absolute atomic E-state index is 12.5. The smallest absolute Gasteiger partial charge is 0.270 e. The third kappa shape index (κ3) is 5.52. The first-order valence-electron chi connectivity index (χ1n) is 8.85. The van der Waals surface area contributed by atoms with Gasteiger partial charge in [-0.25, -0.2) is 9.97 Å². The van der Waals surface area contributed by atoms with Crippen LogP contribution in [0.5, 0.6) is 0 Å². The second-order valence-corrected chi connectivity index (χ2v) is 6.49. The van der Waals surface area contributed by atoms with E-state index in [1.165, 1.54) is 0 Å². The largest absolute Gasteiger partial charge is 0.383 e. The van der Waals surface area contributed by atoms with Crippen LogP contribution in [0.2, 0.25) is 5.02 Å². The molecule has 0 spiro atoms. The molecule has 0 aliphatic rings. The molecular formula is C21H21ClN4O2. The number of rotatable bonds is 8. The number of amides is 1. The molecule has 0 aliphatic carbocycles. The van der Waals surface area contributed by atoms with Crippen LogP contribution in [0, 0.1) is 0 Å². The van der Waals surface area contributed by atoms with Crippen molar-refractivity contribution in [2.75, 3.05) is 25.6 Å². The quantitative estimate of drug-likeness (QED) is 0.566. The molecule has 0 saturated carbocycles. The van der Waals surface area contributed by atoms with Crippen molar-refractivity contribution in [3.05, 3.63) is 76.9 Å². The van der Waals surface area contributed by atoms with E-state index in [1.54, 1.807) is 13.2 Å². The summed E-state index contributed by atoms with van der Waals surface area (Å²) in [5.41, 5.74) is 2.18. The second-order valence-electron chi connectivity index (χ2n) is 6.06. The summed E-state index contributed by atoms with van der Waals surface area (Å²) in [5.74, 6) is 0.783. The Morgan fingerprint density at radius 2 is 1.82 bits per heavy atom. The minimum Gasteiger partial charge on any atom is -0.383 e. The zero-order chi connectivity index (χ0) is 19.8. The zero-order valence-corrected chi connectivity index (χ0v) is 16.2. The number of anilines is 1. The van der Waals surface area contributed by atoms with Crippen molar-refractivity contribution in [2.24, 2.45) is 0 Å². The molecule has 0 aliphatic heterocycles. The summed E-state index contributed by atoms with van der Waals surface area (Å²) < 4.78 is 4.97. The van der Waals surface area contributed by atoms with Crippen molar-refractivity contribution in [1.82, 2.24) is 15.3 Å². The predicted octanol–water partition coefficient (Wildman–Crippen LogP) is 3.79. The van der Waals surface area contributed by atoms with Crippen LogP contribution in [-0.4, -0.2) is 36.1 Å². The number of carbonyl (C=O) groups excluding carboxylic acids is 1. The molecule has 2 N–H and O–H groups in total. The van der Waals surface area contributed by atoms with E-state index >= 15 is 0 Å². The number of ether oxygens (including phenoxy) is 1. The highest BCUT2D eigenvalue weighted by Gasteiger charge is 2.13. The molecule has 6 nitrogen and oxygen atoms in total. The number of hydrogen-bond acceptors (Lipinski definition) is 5. The van der Waals surface area contributed by atoms with Crippen molar-refractivity contribution in [1.29, 1.82) is 0 Å². The van der Waals surface area contributed by atoms with E-state index in [1.807, 2.05) is 54.6 Å². The van der Waals surface area contributed by atoms with Crippen LogP contribution in [0.15, 0.2) is 60.7 Å². The first-order chi connectivity index (χ1) is 13.7. The molecule has 28 heavy (non-hydrogen) atoms. The number of hydrogen-bond donors (Lipinski definition) is 2. The summed E-state index contributed by atoms with van der Waals surface area (Å²) in [6.45, 7) is 1.39. The number of nitrogens with zero attached hydrogens (tertiary/aromatic N) is 2. The molecule has 0 radical (unpaired) electrons. The monoisotopic (exact) mass is 396 g/mol. The van der Waals surface area contributed by atoms with Gasteiger partial charge in [-0.2, -0.15) is 0 Å². The predicted molar refractivity (Wildman–Crippen MR) is 110 cm³/mol. The van der Waals surface area contributed by atoms with Crippen molar-refractivity contribution < 1.29 is 9.53 Å². The zero-order valence-electron chi connectivity index (χ0n) is 15.5. The Morgan fingerprint density at radius 1 is 1.07 bits per heavy atom. The molecule has 1 amide bonds. The second kappa shape index (κ2) is 9.82. The average molecular weight is 397 g/mol. The van der Waals surface area contributed by atoms with Crippen LogP contribution in [0.4, 0.5) is 5.82 Å². The fourth-order valence-electron chi connectivity index (χ4n) is 2.52. The molecule has 0 saturated heterocycles. The lowest BCUT2D eigenvalue weighted by Crippen LogP contribution is -2.28. The van der Waals surface area contributed by atoms with Crippen LogP contribution in [-0.2, 0) is 11.3 Å². The normalized spacial score (nSPS) is 10.5. The standard InChI is InChI=1S/C21H21ClN4O2/c1-28-12-11-23-21(27)18-13-19(24-14-15-7-9-17(22)10-8-15)26-20(25-18)16-5-3-2-4-6-16/h2-10,13H,11-12,14H2,1H3,(H,23,27)(H,24,25,26). The first kappa shape index (κ1) is 19.8. The molecule has 0 bridgehead atoms. The number of carbonyl (C=O) groups is 1. The van der Waals surface area contributed by atoms with Gasteiger partial charge in [0.1, 0.15) is 11.5 Å². The van der Waals surface area contributed by atoms with E-state index in [0.717, 1.165) is 11.1 Å². The molecule has 0 atom stereocenters. The van der Waals surface area contributed by atoms with Crippen LogP contribution in [0.1, 0.15) is 16.1 Å². The third-order valence-electron chi connectivity index (χ3n) is 3.97. The minimum atomic E-state index is -0.272. The van der Waals surface area contributed by atoms with E-state index in [0.29, 0.717) is 42.1 Å². The van der Waals surface area contributed by atoms with Crippen molar-refractivity contribution in [3.63, 3.8) is 0 Å². The first-order valence-corrected chi connectivity index (χ1v) is 9.23. The number of halogens is 1. The molecule has 3 rings (SSSR count). The van der Waals surface area contributed by atoms with Gasteiger partial charge in [-0.15, -0.1) is 0 Å². The number of nitrogens with one attached hydrogen (secondary N) is 2. The van der Waals surface area contributed by atoms with E-state index in [9.17, 15) is 4.79 Å². The molecule has 0 fully saturated rings. The molecule has 3 aromatic rings. The summed E-state index contributed by atoms with van der Waals surface area (Å²) >= 11 is 5.93. The van der Waals surface area contributed by atoms with Gasteiger partial charge in [-0.1, -0.05) is 54.1 Å². The molecular weight excluding hydrogens is 376 g/mol. The Balaban J connectivity index is 1.84. The maximum Gasteiger partial charge on any atom is 0.270 e. The summed E-state index contributed by atoms with van der Waals surface area (Å²) in [6.07, 6.45) is 0. The fourth-order valence-corrected chi connectivity index (χ4v) is 2.65. The summed E-state index contributed by atoms with van der Waals surface area (Å²) in [7, 11) is 1.59.